The molecule has 0 spiro atoms. The lowest BCUT2D eigenvalue weighted by Crippen LogP contribution is -2.31. The molecule has 3 aromatic rings. The zero-order valence-corrected chi connectivity index (χ0v) is 18.2. The first-order chi connectivity index (χ1) is 14.1. The first-order valence-corrected chi connectivity index (χ1v) is 11.3. The van der Waals surface area contributed by atoms with Crippen LogP contribution in [-0.2, 0) is 22.4 Å². The van der Waals surface area contributed by atoms with Gasteiger partial charge in [0.25, 0.3) is 5.91 Å². The van der Waals surface area contributed by atoms with Gasteiger partial charge in [0, 0.05) is 15.6 Å². The van der Waals surface area contributed by atoms with Gasteiger partial charge in [-0.2, -0.15) is 4.99 Å². The van der Waals surface area contributed by atoms with Crippen molar-refractivity contribution >= 4 is 48.5 Å². The fourth-order valence-electron chi connectivity index (χ4n) is 2.33. The first kappa shape index (κ1) is 22.6. The minimum absolute atomic E-state index is 0.0811. The highest BCUT2D eigenvalue weighted by atomic mass is 35.5. The van der Waals surface area contributed by atoms with Crippen LogP contribution in [0.3, 0.4) is 0 Å². The molecule has 1 amide bonds. The summed E-state index contributed by atoms with van der Waals surface area (Å²) in [6, 6.07) is 12.7. The van der Waals surface area contributed by atoms with E-state index < -0.39 is 26.2 Å². The molecule has 0 aliphatic carbocycles. The van der Waals surface area contributed by atoms with E-state index in [1.807, 2.05) is 0 Å². The van der Waals surface area contributed by atoms with E-state index in [2.05, 4.69) is 9.52 Å². The quantitative estimate of drug-likeness (QED) is 0.513. The Labute approximate surface area is 183 Å². The summed E-state index contributed by atoms with van der Waals surface area (Å²) in [6.07, 6.45) is 0. The van der Waals surface area contributed by atoms with Gasteiger partial charge in [0.05, 0.1) is 6.54 Å². The molecule has 158 valence electrons. The van der Waals surface area contributed by atoms with E-state index in [9.17, 15) is 14.2 Å². The lowest BCUT2D eigenvalue weighted by molar-refractivity contribution is 0.0996. The number of aromatic nitrogens is 2. The maximum Gasteiger partial charge on any atom is 0.471 e. The number of hydrogen-bond acceptors (Lipinski definition) is 5. The van der Waals surface area contributed by atoms with Crippen molar-refractivity contribution in [2.45, 2.75) is 13.3 Å². The standard InChI is InChI=1S/C17H14Cl2N3O6PS/c18-13-5-1-11(2-6-13)9-22-17(24)21(10-28-29(25,26)27)16(30-22)20-15(23)12-3-7-14(19)8-4-12/h1-8H,9-10H2,(H2,25,26,27). The molecular weight excluding hydrogens is 476 g/mol. The molecule has 0 radical (unpaired) electrons. The minimum Gasteiger partial charge on any atom is -0.303 e. The molecule has 0 aliphatic heterocycles. The summed E-state index contributed by atoms with van der Waals surface area (Å²) in [7, 11) is -4.85. The summed E-state index contributed by atoms with van der Waals surface area (Å²) in [4.78, 5) is 47.0. The number of hydrogen-bond donors (Lipinski definition) is 2. The van der Waals surface area contributed by atoms with Crippen LogP contribution in [0, 0.1) is 0 Å². The van der Waals surface area contributed by atoms with Crippen molar-refractivity contribution in [2.24, 2.45) is 4.99 Å². The van der Waals surface area contributed by atoms with Crippen molar-refractivity contribution in [1.29, 1.82) is 0 Å². The number of amides is 1. The summed E-state index contributed by atoms with van der Waals surface area (Å²) >= 11 is 12.5. The Morgan fingerprint density at radius 1 is 1.07 bits per heavy atom. The number of phosphoric ester groups is 1. The lowest BCUT2D eigenvalue weighted by Gasteiger charge is -2.05. The Bertz CT molecular complexity index is 1230. The summed E-state index contributed by atoms with van der Waals surface area (Å²) in [5.41, 5.74) is 0.333. The van der Waals surface area contributed by atoms with E-state index >= 15 is 0 Å². The van der Waals surface area contributed by atoms with Gasteiger partial charge in [0.1, 0.15) is 6.73 Å². The number of carbonyl (C=O) groups is 1. The van der Waals surface area contributed by atoms with E-state index in [-0.39, 0.29) is 16.9 Å². The predicted molar refractivity (Wildman–Crippen MR) is 112 cm³/mol. The molecule has 3 rings (SSSR count). The van der Waals surface area contributed by atoms with Crippen LogP contribution in [0.2, 0.25) is 10.0 Å². The normalized spacial score (nSPS) is 12.3. The van der Waals surface area contributed by atoms with Crippen LogP contribution in [0.5, 0.6) is 0 Å². The molecule has 0 saturated heterocycles. The summed E-state index contributed by atoms with van der Waals surface area (Å²) in [5.74, 6) is -0.656. The van der Waals surface area contributed by atoms with Crippen LogP contribution in [0.25, 0.3) is 0 Å². The van der Waals surface area contributed by atoms with E-state index in [1.54, 1.807) is 24.3 Å². The Morgan fingerprint density at radius 2 is 1.63 bits per heavy atom. The monoisotopic (exact) mass is 489 g/mol. The number of halogens is 2. The molecule has 0 saturated carbocycles. The van der Waals surface area contributed by atoms with Crippen molar-refractivity contribution in [3.8, 4) is 0 Å². The highest BCUT2D eigenvalue weighted by Gasteiger charge is 2.18. The van der Waals surface area contributed by atoms with Crippen LogP contribution in [0.1, 0.15) is 15.9 Å². The van der Waals surface area contributed by atoms with Gasteiger partial charge >= 0.3 is 13.5 Å². The zero-order valence-electron chi connectivity index (χ0n) is 15.0. The molecule has 0 bridgehead atoms. The molecule has 0 unspecified atom stereocenters. The molecule has 30 heavy (non-hydrogen) atoms. The number of phosphoric acid groups is 1. The van der Waals surface area contributed by atoms with Gasteiger partial charge in [-0.05, 0) is 53.5 Å². The molecule has 1 aromatic heterocycles. The summed E-state index contributed by atoms with van der Waals surface area (Å²) < 4.78 is 17.6. The van der Waals surface area contributed by atoms with Crippen LogP contribution in [0.15, 0.2) is 58.3 Å². The molecule has 2 N–H and O–H groups in total. The molecule has 13 heteroatoms. The smallest absolute Gasteiger partial charge is 0.303 e. The Kier molecular flexibility index (Phi) is 7.10. The molecule has 2 aromatic carbocycles. The van der Waals surface area contributed by atoms with Gasteiger partial charge in [0.2, 0.25) is 4.80 Å². The first-order valence-electron chi connectivity index (χ1n) is 8.22. The van der Waals surface area contributed by atoms with Gasteiger partial charge in [-0.3, -0.25) is 9.32 Å². The highest BCUT2D eigenvalue weighted by molar-refractivity contribution is 7.46. The number of nitrogens with zero attached hydrogens (tertiary/aromatic N) is 3. The van der Waals surface area contributed by atoms with Gasteiger partial charge < -0.3 is 9.79 Å². The largest absolute Gasteiger partial charge is 0.471 e. The van der Waals surface area contributed by atoms with Crippen LogP contribution < -0.4 is 10.5 Å². The topological polar surface area (TPSA) is 123 Å². The van der Waals surface area contributed by atoms with E-state index in [1.165, 1.54) is 28.2 Å². The maximum absolute atomic E-state index is 12.7. The average molecular weight is 490 g/mol. The van der Waals surface area contributed by atoms with Crippen molar-refractivity contribution < 1.29 is 23.7 Å². The Morgan fingerprint density at radius 3 is 2.20 bits per heavy atom. The SMILES string of the molecule is O=C(N=c1sn(Cc2ccc(Cl)cc2)c(=O)n1COP(=O)(O)O)c1ccc(Cl)cc1. The third-order valence-corrected chi connectivity index (χ3v) is 5.69. The number of rotatable bonds is 6. The van der Waals surface area contributed by atoms with Gasteiger partial charge in [-0.15, -0.1) is 0 Å². The third kappa shape index (κ3) is 5.99. The van der Waals surface area contributed by atoms with E-state index in [4.69, 9.17) is 33.0 Å². The Balaban J connectivity index is 2.01. The second-order valence-corrected chi connectivity index (χ2v) is 9.02. The molecule has 0 fully saturated rings. The van der Waals surface area contributed by atoms with Crippen LogP contribution >= 0.6 is 42.6 Å². The fraction of sp³-hybridized carbons (Fsp3) is 0.118. The van der Waals surface area contributed by atoms with Gasteiger partial charge in [0.15, 0.2) is 0 Å². The molecule has 0 atom stereocenters. The minimum atomic E-state index is -4.85. The highest BCUT2D eigenvalue weighted by Crippen LogP contribution is 2.35. The molecular formula is C17H14Cl2N3O6PS. The second kappa shape index (κ2) is 9.40. The second-order valence-electron chi connectivity index (χ2n) is 5.92. The zero-order chi connectivity index (χ0) is 21.9. The van der Waals surface area contributed by atoms with E-state index in [0.29, 0.717) is 10.0 Å². The Hall–Kier alpha value is -2.04. The predicted octanol–water partition coefficient (Wildman–Crippen LogP) is 2.87. The number of benzene rings is 2. The van der Waals surface area contributed by atoms with Gasteiger partial charge in [-0.1, -0.05) is 35.3 Å². The van der Waals surface area contributed by atoms with Crippen LogP contribution in [-0.4, -0.2) is 24.2 Å². The van der Waals surface area contributed by atoms with Crippen LogP contribution in [0.4, 0.5) is 0 Å². The van der Waals surface area contributed by atoms with Crippen molar-refractivity contribution in [1.82, 2.24) is 8.52 Å². The van der Waals surface area contributed by atoms with E-state index in [0.717, 1.165) is 21.7 Å². The molecule has 9 nitrogen and oxygen atoms in total. The lowest BCUT2D eigenvalue weighted by atomic mass is 10.2. The summed E-state index contributed by atoms with van der Waals surface area (Å²) in [6.45, 7) is -0.638. The number of carbonyl (C=O) groups excluding carboxylic acids is 1. The van der Waals surface area contributed by atoms with Crippen molar-refractivity contribution in [3.63, 3.8) is 0 Å². The average Bonchev–Trinajstić information content (AvgIpc) is 2.96. The fourth-order valence-corrected chi connectivity index (χ4v) is 3.79. The molecule has 0 aliphatic rings. The van der Waals surface area contributed by atoms with Crippen molar-refractivity contribution in [2.75, 3.05) is 0 Å². The maximum atomic E-state index is 12.7. The van der Waals surface area contributed by atoms with Gasteiger partial charge in [-0.25, -0.2) is 17.9 Å². The summed E-state index contributed by atoms with van der Waals surface area (Å²) in [5, 5.41) is 0.974. The molecule has 1 heterocycles. The third-order valence-electron chi connectivity index (χ3n) is 3.75. The van der Waals surface area contributed by atoms with Crippen molar-refractivity contribution in [3.05, 3.63) is 85.0 Å².